The molecule has 1 aliphatic rings. The molecule has 1 fully saturated rings. The highest BCUT2D eigenvalue weighted by Crippen LogP contribution is 2.36. The summed E-state index contributed by atoms with van der Waals surface area (Å²) in [5.41, 5.74) is 0.981. The zero-order valence-electron chi connectivity index (χ0n) is 12.1. The first-order chi connectivity index (χ1) is 9.87. The third-order valence-electron chi connectivity index (χ3n) is 4.00. The van der Waals surface area contributed by atoms with Crippen molar-refractivity contribution in [3.63, 3.8) is 0 Å². The van der Waals surface area contributed by atoms with Gasteiger partial charge in [0, 0.05) is 4.47 Å². The highest BCUT2D eigenvalue weighted by atomic mass is 79.9. The van der Waals surface area contributed by atoms with E-state index < -0.39 is 27.0 Å². The van der Waals surface area contributed by atoms with Crippen LogP contribution in [0.4, 0.5) is 0 Å². The zero-order valence-corrected chi connectivity index (χ0v) is 14.5. The topological polar surface area (TPSA) is 60.4 Å². The zero-order chi connectivity index (χ0) is 15.6. The number of ether oxygens (including phenoxy) is 1. The monoisotopic (exact) mass is 374 g/mol. The van der Waals surface area contributed by atoms with Crippen LogP contribution in [0, 0.1) is 12.8 Å². The fraction of sp³-hybridized carbons (Fsp3) is 0.533. The van der Waals surface area contributed by atoms with Crippen LogP contribution in [-0.2, 0) is 19.4 Å². The van der Waals surface area contributed by atoms with Crippen LogP contribution in [0.15, 0.2) is 27.6 Å². The number of aryl methyl sites for hydroxylation is 1. The molecule has 1 aromatic rings. The van der Waals surface area contributed by atoms with E-state index in [1.165, 1.54) is 7.11 Å². The largest absolute Gasteiger partial charge is 0.469 e. The van der Waals surface area contributed by atoms with Crippen LogP contribution in [0.5, 0.6) is 0 Å². The second-order valence-electron chi connectivity index (χ2n) is 5.43. The average molecular weight is 375 g/mol. The van der Waals surface area contributed by atoms with Gasteiger partial charge in [-0.1, -0.05) is 18.9 Å². The summed E-state index contributed by atoms with van der Waals surface area (Å²) in [5.74, 6) is -0.992. The molecule has 116 valence electrons. The van der Waals surface area contributed by atoms with Crippen LogP contribution in [0.1, 0.15) is 31.2 Å². The number of carbonyl (C=O) groups is 1. The van der Waals surface area contributed by atoms with Crippen molar-refractivity contribution in [1.82, 2.24) is 0 Å². The summed E-state index contributed by atoms with van der Waals surface area (Å²) in [6, 6.07) is 5.16. The Morgan fingerprint density at radius 3 is 2.57 bits per heavy atom. The summed E-state index contributed by atoms with van der Waals surface area (Å²) in [6.45, 7) is 1.90. The number of hydrogen-bond acceptors (Lipinski definition) is 4. The number of halogens is 1. The molecule has 4 nitrogen and oxygen atoms in total. The summed E-state index contributed by atoms with van der Waals surface area (Å²) in [7, 11) is -2.25. The van der Waals surface area contributed by atoms with E-state index in [2.05, 4.69) is 15.9 Å². The second kappa shape index (κ2) is 6.48. The third kappa shape index (κ3) is 3.31. The quantitative estimate of drug-likeness (QED) is 0.761. The number of carbonyl (C=O) groups excluding carboxylic acids is 1. The maximum Gasteiger partial charge on any atom is 0.309 e. The molecule has 0 bridgehead atoms. The predicted octanol–water partition coefficient (Wildman–Crippen LogP) is 3.26. The molecular weight excluding hydrogens is 356 g/mol. The van der Waals surface area contributed by atoms with E-state index in [4.69, 9.17) is 4.74 Å². The Labute approximate surface area is 133 Å². The van der Waals surface area contributed by atoms with Crippen molar-refractivity contribution in [2.75, 3.05) is 7.11 Å². The van der Waals surface area contributed by atoms with Gasteiger partial charge in [-0.05, 0) is 53.4 Å². The third-order valence-corrected chi connectivity index (χ3v) is 7.25. The molecule has 0 radical (unpaired) electrons. The van der Waals surface area contributed by atoms with Crippen molar-refractivity contribution in [3.8, 4) is 0 Å². The van der Waals surface area contributed by atoms with Gasteiger partial charge >= 0.3 is 5.97 Å². The van der Waals surface area contributed by atoms with Crippen molar-refractivity contribution < 1.29 is 17.9 Å². The smallest absolute Gasteiger partial charge is 0.309 e. The summed E-state index contributed by atoms with van der Waals surface area (Å²) < 4.78 is 31.2. The first-order valence-corrected chi connectivity index (χ1v) is 9.29. The lowest BCUT2D eigenvalue weighted by atomic mass is 9.89. The minimum atomic E-state index is -3.56. The number of benzene rings is 1. The molecule has 0 N–H and O–H groups in total. The van der Waals surface area contributed by atoms with Gasteiger partial charge in [0.2, 0.25) is 0 Å². The SMILES string of the molecule is COC(=O)C1CCCCC1S(=O)(=O)c1ccc(C)cc1Br. The number of hydrogen-bond donors (Lipinski definition) is 0. The molecule has 1 aliphatic carbocycles. The number of rotatable bonds is 3. The number of methoxy groups -OCH3 is 1. The normalized spacial score (nSPS) is 22.8. The first-order valence-electron chi connectivity index (χ1n) is 6.96. The highest BCUT2D eigenvalue weighted by molar-refractivity contribution is 9.10. The van der Waals surface area contributed by atoms with E-state index in [1.807, 2.05) is 6.92 Å². The van der Waals surface area contributed by atoms with Crippen LogP contribution in [0.3, 0.4) is 0 Å². The predicted molar refractivity (Wildman–Crippen MR) is 83.8 cm³/mol. The van der Waals surface area contributed by atoms with Crippen molar-refractivity contribution in [2.45, 2.75) is 42.8 Å². The average Bonchev–Trinajstić information content (AvgIpc) is 2.46. The van der Waals surface area contributed by atoms with Crippen molar-refractivity contribution in [2.24, 2.45) is 5.92 Å². The van der Waals surface area contributed by atoms with Gasteiger partial charge in [0.05, 0.1) is 23.2 Å². The molecule has 1 saturated carbocycles. The van der Waals surface area contributed by atoms with Gasteiger partial charge in [-0.25, -0.2) is 8.42 Å². The number of esters is 1. The summed E-state index contributed by atoms with van der Waals surface area (Å²) >= 11 is 3.33. The molecule has 6 heteroatoms. The molecule has 0 aromatic heterocycles. The standard InChI is InChI=1S/C15H19BrO4S/c1-10-7-8-14(12(16)9-10)21(18,19)13-6-4-3-5-11(13)15(17)20-2/h7-9,11,13H,3-6H2,1-2H3. The van der Waals surface area contributed by atoms with E-state index in [1.54, 1.807) is 18.2 Å². The first kappa shape index (κ1) is 16.5. The van der Waals surface area contributed by atoms with Crippen LogP contribution < -0.4 is 0 Å². The Hall–Kier alpha value is -0.880. The van der Waals surface area contributed by atoms with E-state index >= 15 is 0 Å². The molecular formula is C15H19BrO4S. The van der Waals surface area contributed by atoms with Crippen LogP contribution in [0.25, 0.3) is 0 Å². The fourth-order valence-electron chi connectivity index (χ4n) is 2.89. The van der Waals surface area contributed by atoms with Gasteiger partial charge in [-0.3, -0.25) is 4.79 Å². The van der Waals surface area contributed by atoms with E-state index in [0.717, 1.165) is 18.4 Å². The highest BCUT2D eigenvalue weighted by Gasteiger charge is 2.41. The van der Waals surface area contributed by atoms with Gasteiger partial charge in [-0.15, -0.1) is 0 Å². The summed E-state index contributed by atoms with van der Waals surface area (Å²) in [5, 5.41) is -0.697. The Kier molecular flexibility index (Phi) is 5.09. The van der Waals surface area contributed by atoms with E-state index in [0.29, 0.717) is 17.3 Å². The van der Waals surface area contributed by atoms with Crippen LogP contribution in [0.2, 0.25) is 0 Å². The molecule has 0 saturated heterocycles. The minimum absolute atomic E-state index is 0.258. The molecule has 0 aliphatic heterocycles. The maximum atomic E-state index is 12.9. The summed E-state index contributed by atoms with van der Waals surface area (Å²) in [6.07, 6.45) is 2.75. The van der Waals surface area contributed by atoms with Gasteiger partial charge < -0.3 is 4.74 Å². The molecule has 0 spiro atoms. The van der Waals surface area contributed by atoms with Gasteiger partial charge in [0.25, 0.3) is 0 Å². The Morgan fingerprint density at radius 1 is 1.29 bits per heavy atom. The molecule has 2 atom stereocenters. The van der Waals surface area contributed by atoms with Crippen LogP contribution in [-0.4, -0.2) is 26.7 Å². The van der Waals surface area contributed by atoms with Crippen molar-refractivity contribution in [1.29, 1.82) is 0 Å². The minimum Gasteiger partial charge on any atom is -0.469 e. The molecule has 2 rings (SSSR count). The maximum absolute atomic E-state index is 12.9. The lowest BCUT2D eigenvalue weighted by Gasteiger charge is -2.29. The Morgan fingerprint density at radius 2 is 1.95 bits per heavy atom. The van der Waals surface area contributed by atoms with Gasteiger partial charge in [0.1, 0.15) is 0 Å². The molecule has 0 heterocycles. The molecule has 0 amide bonds. The Balaban J connectivity index is 2.43. The lowest BCUT2D eigenvalue weighted by Crippen LogP contribution is -2.38. The molecule has 21 heavy (non-hydrogen) atoms. The molecule has 2 unspecified atom stereocenters. The van der Waals surface area contributed by atoms with E-state index in [-0.39, 0.29) is 4.90 Å². The fourth-order valence-corrected chi connectivity index (χ4v) is 6.13. The van der Waals surface area contributed by atoms with Crippen molar-refractivity contribution in [3.05, 3.63) is 28.2 Å². The van der Waals surface area contributed by atoms with Crippen LogP contribution >= 0.6 is 15.9 Å². The summed E-state index contributed by atoms with van der Waals surface area (Å²) in [4.78, 5) is 12.2. The lowest BCUT2D eigenvalue weighted by molar-refractivity contribution is -0.146. The number of sulfone groups is 1. The van der Waals surface area contributed by atoms with Gasteiger partial charge in [0.15, 0.2) is 9.84 Å². The van der Waals surface area contributed by atoms with Crippen molar-refractivity contribution >= 4 is 31.7 Å². The van der Waals surface area contributed by atoms with E-state index in [9.17, 15) is 13.2 Å². The molecule has 1 aromatic carbocycles. The second-order valence-corrected chi connectivity index (χ2v) is 8.42. The Bertz CT molecular complexity index is 639. The van der Waals surface area contributed by atoms with Gasteiger partial charge in [-0.2, -0.15) is 0 Å².